The third-order valence-corrected chi connectivity index (χ3v) is 7.76. The molecule has 0 atom stereocenters. The van der Waals surface area contributed by atoms with Crippen molar-refractivity contribution in [3.63, 3.8) is 0 Å². The molecule has 0 bridgehead atoms. The average Bonchev–Trinajstić information content (AvgIpc) is 2.93. The normalized spacial score (nSPS) is 11.7. The summed E-state index contributed by atoms with van der Waals surface area (Å²) in [6.07, 6.45) is 1.97. The third-order valence-electron chi connectivity index (χ3n) is 7.76. The van der Waals surface area contributed by atoms with E-state index in [9.17, 15) is 0 Å². The fourth-order valence-corrected chi connectivity index (χ4v) is 5.17. The van der Waals surface area contributed by atoms with Gasteiger partial charge < -0.3 is 4.57 Å². The van der Waals surface area contributed by atoms with Crippen molar-refractivity contribution in [1.29, 1.82) is 0 Å². The van der Waals surface area contributed by atoms with E-state index >= 15 is 0 Å². The fourth-order valence-electron chi connectivity index (χ4n) is 5.17. The molecule has 5 rings (SSSR count). The van der Waals surface area contributed by atoms with E-state index in [-0.39, 0.29) is 30.9 Å². The third kappa shape index (κ3) is 6.67. The van der Waals surface area contributed by atoms with E-state index in [1.54, 1.807) is 0 Å². The van der Waals surface area contributed by atoms with Gasteiger partial charge in [-0.1, -0.05) is 108 Å². The SMILES string of the molecule is [CH2-]c1ccc(-c2cc(-c3ccc(C(C)(C)C)cc3)cc(-c3ccc(C(C)(C)C)cc3)c2)cc1-c1cccc[n+]1[CH2-].[Ir]. The van der Waals surface area contributed by atoms with Crippen molar-refractivity contribution in [3.05, 3.63) is 140 Å². The monoisotopic (exact) mass is 715 g/mol. The van der Waals surface area contributed by atoms with Crippen LogP contribution in [-0.4, -0.2) is 0 Å². The minimum absolute atomic E-state index is 0. The number of nitrogens with zero attached hydrogens (tertiary/aromatic N) is 1. The maximum atomic E-state index is 4.32. The molecule has 4 aromatic carbocycles. The van der Waals surface area contributed by atoms with Gasteiger partial charge in [0.05, 0.1) is 11.9 Å². The Kier molecular flexibility index (Phi) is 8.69. The molecule has 1 aromatic heterocycles. The van der Waals surface area contributed by atoms with Gasteiger partial charge in [0.1, 0.15) is 0 Å². The van der Waals surface area contributed by atoms with Crippen LogP contribution in [0.5, 0.6) is 0 Å². The summed E-state index contributed by atoms with van der Waals surface area (Å²) in [7, 11) is 4.19. The summed E-state index contributed by atoms with van der Waals surface area (Å²) in [6.45, 7) is 17.9. The molecular formula is C39H40IrN-. The molecule has 1 radical (unpaired) electrons. The van der Waals surface area contributed by atoms with Gasteiger partial charge in [-0.25, -0.2) is 0 Å². The standard InChI is InChI=1S/C39H40N.Ir/c1-27-12-13-30(26-36(27)37-11-9-10-22-40(37)8)33-24-31(28-14-18-34(19-15-28)38(2,3)4)23-32(25-33)29-16-20-35(21-17-29)39(5,6)7;/h9-26H,1,8H2,2-7H3;/q-1;. The van der Waals surface area contributed by atoms with Crippen molar-refractivity contribution in [3.8, 4) is 44.6 Å². The first kappa shape index (κ1) is 30.4. The van der Waals surface area contributed by atoms with Crippen LogP contribution < -0.4 is 4.57 Å². The van der Waals surface area contributed by atoms with Gasteiger partial charge in [0.15, 0.2) is 0 Å². The van der Waals surface area contributed by atoms with Crippen LogP contribution in [0.1, 0.15) is 58.2 Å². The molecule has 211 valence electrons. The van der Waals surface area contributed by atoms with Crippen molar-refractivity contribution in [1.82, 2.24) is 0 Å². The van der Waals surface area contributed by atoms with Crippen molar-refractivity contribution in [2.24, 2.45) is 0 Å². The van der Waals surface area contributed by atoms with Crippen LogP contribution in [0.4, 0.5) is 0 Å². The number of hydrogen-bond acceptors (Lipinski definition) is 0. The summed E-state index contributed by atoms with van der Waals surface area (Å²) < 4.78 is 1.91. The average molecular weight is 715 g/mol. The maximum Gasteiger partial charge on any atom is 0.0686 e. The Morgan fingerprint density at radius 1 is 0.512 bits per heavy atom. The zero-order valence-corrected chi connectivity index (χ0v) is 27.5. The van der Waals surface area contributed by atoms with E-state index in [1.807, 2.05) is 22.9 Å². The molecule has 0 unspecified atom stereocenters. The summed E-state index contributed by atoms with van der Waals surface area (Å²) in [5.41, 5.74) is 13.2. The molecule has 1 nitrogen and oxygen atoms in total. The first-order chi connectivity index (χ1) is 18.9. The summed E-state index contributed by atoms with van der Waals surface area (Å²) >= 11 is 0. The van der Waals surface area contributed by atoms with E-state index in [0.717, 1.165) is 22.4 Å². The molecule has 41 heavy (non-hydrogen) atoms. The van der Waals surface area contributed by atoms with E-state index in [2.05, 4.69) is 147 Å². The van der Waals surface area contributed by atoms with Crippen LogP contribution >= 0.6 is 0 Å². The molecule has 0 spiro atoms. The Labute approximate surface area is 260 Å². The number of aromatic nitrogens is 1. The summed E-state index contributed by atoms with van der Waals surface area (Å²) in [5, 5.41) is 0. The summed E-state index contributed by atoms with van der Waals surface area (Å²) in [4.78, 5) is 0. The van der Waals surface area contributed by atoms with Crippen LogP contribution in [0.2, 0.25) is 0 Å². The molecule has 0 amide bonds. The first-order valence-corrected chi connectivity index (χ1v) is 14.1. The molecule has 0 saturated carbocycles. The second-order valence-corrected chi connectivity index (χ2v) is 12.9. The molecule has 0 aliphatic carbocycles. The van der Waals surface area contributed by atoms with Crippen molar-refractivity contribution < 1.29 is 24.7 Å². The van der Waals surface area contributed by atoms with Crippen LogP contribution in [0.25, 0.3) is 44.6 Å². The Hall–Kier alpha value is -3.58. The first-order valence-electron chi connectivity index (χ1n) is 14.1. The van der Waals surface area contributed by atoms with Crippen LogP contribution in [0.3, 0.4) is 0 Å². The quantitative estimate of drug-likeness (QED) is 0.129. The van der Waals surface area contributed by atoms with Gasteiger partial charge in [-0.05, 0) is 73.5 Å². The predicted molar refractivity (Wildman–Crippen MR) is 171 cm³/mol. The molecule has 0 fully saturated rings. The van der Waals surface area contributed by atoms with Crippen molar-refractivity contribution in [2.75, 3.05) is 0 Å². The molecule has 0 aliphatic rings. The topological polar surface area (TPSA) is 3.88 Å². The van der Waals surface area contributed by atoms with E-state index in [1.165, 1.54) is 38.9 Å². The van der Waals surface area contributed by atoms with Gasteiger partial charge in [-0.2, -0.15) is 18.6 Å². The van der Waals surface area contributed by atoms with E-state index in [4.69, 9.17) is 0 Å². The Bertz CT molecular complexity index is 1570. The van der Waals surface area contributed by atoms with Crippen molar-refractivity contribution in [2.45, 2.75) is 52.4 Å². The van der Waals surface area contributed by atoms with Crippen LogP contribution in [-0.2, 0) is 30.9 Å². The molecule has 2 heteroatoms. The van der Waals surface area contributed by atoms with Crippen LogP contribution in [0, 0.1) is 14.0 Å². The number of hydrogen-bond donors (Lipinski definition) is 0. The molecular weight excluding hydrogens is 675 g/mol. The van der Waals surface area contributed by atoms with E-state index in [0.29, 0.717) is 0 Å². The van der Waals surface area contributed by atoms with Gasteiger partial charge in [-0.15, -0.1) is 17.7 Å². The second-order valence-electron chi connectivity index (χ2n) is 12.9. The second kappa shape index (κ2) is 11.7. The van der Waals surface area contributed by atoms with E-state index < -0.39 is 0 Å². The fraction of sp³-hybridized carbons (Fsp3) is 0.205. The molecule has 0 aliphatic heterocycles. The van der Waals surface area contributed by atoms with Gasteiger partial charge >= 0.3 is 0 Å². The zero-order valence-electron chi connectivity index (χ0n) is 25.1. The van der Waals surface area contributed by atoms with Gasteiger partial charge in [0.2, 0.25) is 0 Å². The zero-order chi connectivity index (χ0) is 28.7. The maximum absolute atomic E-state index is 4.32. The summed E-state index contributed by atoms with van der Waals surface area (Å²) in [6, 6.07) is 37.7. The number of pyridine rings is 1. The van der Waals surface area contributed by atoms with Crippen molar-refractivity contribution >= 4 is 0 Å². The number of benzene rings is 4. The van der Waals surface area contributed by atoms with Gasteiger partial charge in [0.25, 0.3) is 0 Å². The summed E-state index contributed by atoms with van der Waals surface area (Å²) in [5.74, 6) is 0. The number of rotatable bonds is 4. The Morgan fingerprint density at radius 3 is 1.39 bits per heavy atom. The smallest absolute Gasteiger partial charge is 0.0686 e. The predicted octanol–water partition coefficient (Wildman–Crippen LogP) is 10.1. The Balaban J connectivity index is 0.00000387. The molecule has 1 heterocycles. The molecule has 0 N–H and O–H groups in total. The van der Waals surface area contributed by atoms with Gasteiger partial charge in [0, 0.05) is 27.2 Å². The minimum atomic E-state index is 0. The van der Waals surface area contributed by atoms with Crippen LogP contribution in [0.15, 0.2) is 109 Å². The molecule has 0 saturated heterocycles. The minimum Gasteiger partial charge on any atom is -0.343 e. The molecule has 5 aromatic rings. The Morgan fingerprint density at radius 2 is 0.951 bits per heavy atom. The van der Waals surface area contributed by atoms with Gasteiger partial charge in [-0.3, -0.25) is 0 Å². The largest absolute Gasteiger partial charge is 0.343 e.